The molecule has 0 unspecified atom stereocenters. The van der Waals surface area contributed by atoms with E-state index >= 15 is 0 Å². The Morgan fingerprint density at radius 3 is 3.00 bits per heavy atom. The third-order valence-electron chi connectivity index (χ3n) is 1.82. The summed E-state index contributed by atoms with van der Waals surface area (Å²) in [6, 6.07) is 5.38. The smallest absolute Gasteiger partial charge is 0.359 e. The number of hydrogen-bond donors (Lipinski definition) is 2. The Kier molecular flexibility index (Phi) is 1.24. The zero-order valence-corrected chi connectivity index (χ0v) is 6.53. The molecule has 1 heterocycles. The summed E-state index contributed by atoms with van der Waals surface area (Å²) in [5, 5.41) is 9.20. The van der Waals surface area contributed by atoms with Crippen molar-refractivity contribution in [3.63, 3.8) is 0 Å². The molecule has 4 nitrogen and oxygen atoms in total. The highest BCUT2D eigenvalue weighted by molar-refractivity contribution is 5.75. The predicted molar refractivity (Wildman–Crippen MR) is 44.5 cm³/mol. The molecule has 0 aliphatic heterocycles. The van der Waals surface area contributed by atoms with Gasteiger partial charge in [-0.1, -0.05) is 6.07 Å². The average molecular weight is 164 g/mol. The minimum absolute atomic E-state index is 0.504. The SMILES string of the molecule is Cc1ccc2[nH]c(=O)n(O)c2c1. The van der Waals surface area contributed by atoms with E-state index < -0.39 is 5.69 Å². The lowest BCUT2D eigenvalue weighted by molar-refractivity contribution is 0.188. The zero-order chi connectivity index (χ0) is 8.72. The molecule has 1 aromatic heterocycles. The number of aromatic amines is 1. The Bertz CT molecular complexity index is 481. The van der Waals surface area contributed by atoms with E-state index in [-0.39, 0.29) is 0 Å². The van der Waals surface area contributed by atoms with E-state index in [0.717, 1.165) is 5.56 Å². The second-order valence-electron chi connectivity index (χ2n) is 2.76. The lowest BCUT2D eigenvalue weighted by atomic mass is 10.2. The van der Waals surface area contributed by atoms with Crippen molar-refractivity contribution in [1.29, 1.82) is 0 Å². The van der Waals surface area contributed by atoms with Crippen LogP contribution in [0, 0.1) is 6.92 Å². The summed E-state index contributed by atoms with van der Waals surface area (Å²) in [4.78, 5) is 13.4. The first-order valence-corrected chi connectivity index (χ1v) is 3.59. The van der Waals surface area contributed by atoms with Crippen molar-refractivity contribution < 1.29 is 5.21 Å². The Hall–Kier alpha value is -1.71. The van der Waals surface area contributed by atoms with Crippen molar-refractivity contribution >= 4 is 11.0 Å². The van der Waals surface area contributed by atoms with Gasteiger partial charge in [-0.2, -0.15) is 0 Å². The predicted octanol–water partition coefficient (Wildman–Crippen LogP) is 0.875. The van der Waals surface area contributed by atoms with Crippen LogP contribution in [0.15, 0.2) is 23.0 Å². The molecule has 0 atom stereocenters. The van der Waals surface area contributed by atoms with Gasteiger partial charge in [0.1, 0.15) is 5.52 Å². The summed E-state index contributed by atoms with van der Waals surface area (Å²) in [5.41, 5.74) is 1.66. The number of aryl methyl sites for hydroxylation is 1. The van der Waals surface area contributed by atoms with Gasteiger partial charge in [-0.05, 0) is 24.6 Å². The fourth-order valence-corrected chi connectivity index (χ4v) is 1.20. The van der Waals surface area contributed by atoms with Gasteiger partial charge in [0, 0.05) is 0 Å². The molecule has 0 saturated heterocycles. The first kappa shape index (κ1) is 6.97. The van der Waals surface area contributed by atoms with Crippen LogP contribution in [0.25, 0.3) is 11.0 Å². The molecule has 0 fully saturated rings. The van der Waals surface area contributed by atoms with E-state index in [1.165, 1.54) is 0 Å². The molecule has 0 amide bonds. The van der Waals surface area contributed by atoms with Crippen LogP contribution in [0.2, 0.25) is 0 Å². The van der Waals surface area contributed by atoms with E-state index in [1.54, 1.807) is 12.1 Å². The first-order chi connectivity index (χ1) is 5.68. The van der Waals surface area contributed by atoms with Gasteiger partial charge in [0.05, 0.1) is 5.52 Å². The molecule has 2 N–H and O–H groups in total. The van der Waals surface area contributed by atoms with E-state index in [1.807, 2.05) is 13.0 Å². The van der Waals surface area contributed by atoms with Crippen LogP contribution in [-0.4, -0.2) is 14.9 Å². The number of imidazole rings is 1. The van der Waals surface area contributed by atoms with Gasteiger partial charge in [0.25, 0.3) is 0 Å². The topological polar surface area (TPSA) is 58.0 Å². The maximum absolute atomic E-state index is 10.9. The second-order valence-corrected chi connectivity index (χ2v) is 2.76. The lowest BCUT2D eigenvalue weighted by Crippen LogP contribution is -2.12. The Balaban J connectivity index is 2.98. The molecule has 4 heteroatoms. The summed E-state index contributed by atoms with van der Waals surface area (Å²) >= 11 is 0. The van der Waals surface area contributed by atoms with Crippen LogP contribution < -0.4 is 5.69 Å². The Morgan fingerprint density at radius 1 is 1.50 bits per heavy atom. The van der Waals surface area contributed by atoms with Gasteiger partial charge in [-0.25, -0.2) is 4.79 Å². The minimum Gasteiger partial charge on any atom is -0.424 e. The van der Waals surface area contributed by atoms with E-state index in [9.17, 15) is 10.0 Å². The summed E-state index contributed by atoms with van der Waals surface area (Å²) in [6.07, 6.45) is 0. The molecule has 1 aromatic carbocycles. The van der Waals surface area contributed by atoms with Gasteiger partial charge >= 0.3 is 5.69 Å². The third-order valence-corrected chi connectivity index (χ3v) is 1.82. The van der Waals surface area contributed by atoms with Gasteiger partial charge in [-0.3, -0.25) is 0 Å². The number of fused-ring (bicyclic) bond motifs is 1. The summed E-state index contributed by atoms with van der Waals surface area (Å²) in [6.45, 7) is 1.90. The quantitative estimate of drug-likeness (QED) is 0.568. The molecule has 0 radical (unpaired) electrons. The number of H-pyrrole nitrogens is 1. The number of aromatic nitrogens is 2. The van der Waals surface area contributed by atoms with E-state index in [4.69, 9.17) is 0 Å². The summed E-state index contributed by atoms with van der Waals surface area (Å²) in [5.74, 6) is 0. The van der Waals surface area contributed by atoms with Crippen molar-refractivity contribution in [2.75, 3.05) is 0 Å². The molecule has 2 aromatic rings. The van der Waals surface area contributed by atoms with Crippen LogP contribution >= 0.6 is 0 Å². The molecule has 0 aliphatic carbocycles. The molecule has 2 rings (SSSR count). The van der Waals surface area contributed by atoms with Crippen molar-refractivity contribution in [2.45, 2.75) is 6.92 Å². The fourth-order valence-electron chi connectivity index (χ4n) is 1.20. The lowest BCUT2D eigenvalue weighted by Gasteiger charge is -1.93. The van der Waals surface area contributed by atoms with Gasteiger partial charge in [0.2, 0.25) is 0 Å². The molecule has 0 bridgehead atoms. The average Bonchev–Trinajstić information content (AvgIpc) is 2.31. The van der Waals surface area contributed by atoms with E-state index in [0.29, 0.717) is 15.8 Å². The first-order valence-electron chi connectivity index (χ1n) is 3.59. The molecule has 0 spiro atoms. The number of hydrogen-bond acceptors (Lipinski definition) is 2. The largest absolute Gasteiger partial charge is 0.424 e. The van der Waals surface area contributed by atoms with Crippen molar-refractivity contribution in [3.8, 4) is 0 Å². The second kappa shape index (κ2) is 2.14. The number of nitrogens with zero attached hydrogens (tertiary/aromatic N) is 1. The molecular formula is C8H8N2O2. The molecular weight excluding hydrogens is 156 g/mol. The Morgan fingerprint density at radius 2 is 2.25 bits per heavy atom. The molecule has 62 valence electrons. The highest BCUT2D eigenvalue weighted by Crippen LogP contribution is 2.10. The summed E-state index contributed by atoms with van der Waals surface area (Å²) in [7, 11) is 0. The molecule has 0 aliphatic rings. The van der Waals surface area contributed by atoms with Crippen molar-refractivity contribution in [1.82, 2.24) is 9.71 Å². The van der Waals surface area contributed by atoms with Gasteiger partial charge < -0.3 is 10.2 Å². The van der Waals surface area contributed by atoms with Crippen LogP contribution in [0.4, 0.5) is 0 Å². The van der Waals surface area contributed by atoms with Gasteiger partial charge in [0.15, 0.2) is 0 Å². The normalized spacial score (nSPS) is 10.8. The van der Waals surface area contributed by atoms with Crippen LogP contribution in [0.3, 0.4) is 0 Å². The standard InChI is InChI=1S/C8H8N2O2/c1-5-2-3-6-7(4-5)10(12)8(11)9-6/h2-4,12H,1H3,(H,9,11). The summed E-state index contributed by atoms with van der Waals surface area (Å²) < 4.78 is 0.613. The van der Waals surface area contributed by atoms with Crippen molar-refractivity contribution in [2.24, 2.45) is 0 Å². The minimum atomic E-state index is -0.504. The molecule has 12 heavy (non-hydrogen) atoms. The number of rotatable bonds is 0. The molecule has 0 saturated carbocycles. The maximum atomic E-state index is 10.9. The highest BCUT2D eigenvalue weighted by Gasteiger charge is 2.03. The van der Waals surface area contributed by atoms with Crippen LogP contribution in [-0.2, 0) is 0 Å². The highest BCUT2D eigenvalue weighted by atomic mass is 16.5. The Labute approximate surface area is 68.0 Å². The van der Waals surface area contributed by atoms with Crippen LogP contribution in [0.1, 0.15) is 5.56 Å². The van der Waals surface area contributed by atoms with Gasteiger partial charge in [-0.15, -0.1) is 4.73 Å². The van der Waals surface area contributed by atoms with E-state index in [2.05, 4.69) is 4.98 Å². The third kappa shape index (κ3) is 0.812. The van der Waals surface area contributed by atoms with Crippen LogP contribution in [0.5, 0.6) is 0 Å². The zero-order valence-electron chi connectivity index (χ0n) is 6.53. The maximum Gasteiger partial charge on any atom is 0.359 e. The number of nitrogens with one attached hydrogen (secondary N) is 1. The van der Waals surface area contributed by atoms with Crippen molar-refractivity contribution in [3.05, 3.63) is 34.2 Å². The monoisotopic (exact) mass is 164 g/mol. The fraction of sp³-hybridized carbons (Fsp3) is 0.125. The number of benzene rings is 1.